The Labute approximate surface area is 168 Å². The lowest BCUT2D eigenvalue weighted by molar-refractivity contribution is 0.387. The minimum atomic E-state index is -0.708. The highest BCUT2D eigenvalue weighted by atomic mass is 35.5. The van der Waals surface area contributed by atoms with Crippen molar-refractivity contribution in [1.29, 1.82) is 0 Å². The average Bonchev–Trinajstić information content (AvgIpc) is 3.15. The van der Waals surface area contributed by atoms with Gasteiger partial charge in [0.25, 0.3) is 0 Å². The van der Waals surface area contributed by atoms with Gasteiger partial charge in [-0.05, 0) is 47.8 Å². The summed E-state index contributed by atoms with van der Waals surface area (Å²) in [6, 6.07) is 9.18. The van der Waals surface area contributed by atoms with Gasteiger partial charge in [-0.25, -0.2) is 18.7 Å². The third kappa shape index (κ3) is 3.48. The summed E-state index contributed by atoms with van der Waals surface area (Å²) in [5.41, 5.74) is 1.81. The minimum absolute atomic E-state index is 0.119. The highest BCUT2D eigenvalue weighted by molar-refractivity contribution is 8.00. The molecular weight excluding hydrogens is 406 g/mol. The van der Waals surface area contributed by atoms with Crippen molar-refractivity contribution in [2.75, 3.05) is 11.8 Å². The fraction of sp³-hybridized carbons (Fsp3) is 0.0526. The number of imidazole rings is 1. The Morgan fingerprint density at radius 1 is 1.14 bits per heavy atom. The molecule has 0 bridgehead atoms. The van der Waals surface area contributed by atoms with Crippen molar-refractivity contribution >= 4 is 40.3 Å². The molecule has 0 unspecified atom stereocenters. The summed E-state index contributed by atoms with van der Waals surface area (Å²) in [5, 5.41) is 0.415. The van der Waals surface area contributed by atoms with E-state index in [-0.39, 0.29) is 11.3 Å². The van der Waals surface area contributed by atoms with Crippen LogP contribution in [-0.2, 0) is 0 Å². The molecule has 142 valence electrons. The molecule has 0 aliphatic rings. The smallest absolute Gasteiger partial charge is 0.228 e. The van der Waals surface area contributed by atoms with E-state index in [0.717, 1.165) is 17.5 Å². The van der Waals surface area contributed by atoms with Gasteiger partial charge in [-0.15, -0.1) is 0 Å². The first-order valence-electron chi connectivity index (χ1n) is 8.10. The second-order valence-corrected chi connectivity index (χ2v) is 7.07. The van der Waals surface area contributed by atoms with Crippen LogP contribution in [0.5, 0.6) is 5.88 Å². The molecule has 4 aromatic rings. The summed E-state index contributed by atoms with van der Waals surface area (Å²) in [7, 11) is 1.47. The first kappa shape index (κ1) is 18.5. The molecule has 0 atom stereocenters. The molecule has 2 aromatic carbocycles. The first-order chi connectivity index (χ1) is 13.6. The number of hydrogen-bond acceptors (Lipinski definition) is 5. The van der Waals surface area contributed by atoms with Gasteiger partial charge in [0.2, 0.25) is 5.88 Å². The summed E-state index contributed by atoms with van der Waals surface area (Å²) < 4.78 is 37.6. The number of pyridine rings is 1. The summed E-state index contributed by atoms with van der Waals surface area (Å²) in [6.07, 6.45) is 2.98. The molecule has 0 saturated carbocycles. The van der Waals surface area contributed by atoms with Crippen molar-refractivity contribution in [2.24, 2.45) is 0 Å². The van der Waals surface area contributed by atoms with E-state index < -0.39 is 11.6 Å². The second-order valence-electron chi connectivity index (χ2n) is 5.78. The Hall–Kier alpha value is -2.84. The van der Waals surface area contributed by atoms with E-state index in [9.17, 15) is 4.39 Å². The SMILES string of the molecule is COc1ncc(Cl)cc1SNc1ccc(F)c(-c2ccc3nc[nH]c3c2)c1F. The lowest BCUT2D eigenvalue weighted by Crippen LogP contribution is -1.98. The second kappa shape index (κ2) is 7.65. The minimum Gasteiger partial charge on any atom is -0.480 e. The zero-order valence-electron chi connectivity index (χ0n) is 14.5. The number of methoxy groups -OCH3 is 1. The summed E-state index contributed by atoms with van der Waals surface area (Å²) in [6.45, 7) is 0. The monoisotopic (exact) mass is 418 g/mol. The highest BCUT2D eigenvalue weighted by Crippen LogP contribution is 2.35. The zero-order chi connectivity index (χ0) is 19.7. The standard InChI is InChI=1S/C19H13ClF2N4OS/c1-27-19-16(7-11(20)8-23-19)28-26-14-5-3-12(21)17(18(14)22)10-2-4-13-15(6-10)25-9-24-13/h2-9,26H,1H3,(H,24,25). The Kier molecular flexibility index (Phi) is 5.06. The first-order valence-corrected chi connectivity index (χ1v) is 9.30. The number of rotatable bonds is 5. The maximum atomic E-state index is 15.1. The van der Waals surface area contributed by atoms with Crippen LogP contribution in [0.1, 0.15) is 0 Å². The molecule has 0 radical (unpaired) electrons. The number of benzene rings is 2. The van der Waals surface area contributed by atoms with Crippen LogP contribution >= 0.6 is 23.5 Å². The van der Waals surface area contributed by atoms with Crippen molar-refractivity contribution < 1.29 is 13.5 Å². The largest absolute Gasteiger partial charge is 0.480 e. The topological polar surface area (TPSA) is 62.8 Å². The van der Waals surface area contributed by atoms with Gasteiger partial charge in [0.15, 0.2) is 5.82 Å². The van der Waals surface area contributed by atoms with Gasteiger partial charge in [0.1, 0.15) is 5.82 Å². The van der Waals surface area contributed by atoms with E-state index in [2.05, 4.69) is 19.7 Å². The third-order valence-corrected chi connectivity index (χ3v) is 5.09. The van der Waals surface area contributed by atoms with Crippen molar-refractivity contribution in [2.45, 2.75) is 4.90 Å². The maximum absolute atomic E-state index is 15.1. The summed E-state index contributed by atoms with van der Waals surface area (Å²) >= 11 is 7.03. The molecule has 0 spiro atoms. The van der Waals surface area contributed by atoms with E-state index in [1.54, 1.807) is 24.3 Å². The van der Waals surface area contributed by atoms with Crippen LogP contribution in [-0.4, -0.2) is 22.1 Å². The van der Waals surface area contributed by atoms with E-state index in [1.807, 2.05) is 0 Å². The normalized spacial score (nSPS) is 11.0. The van der Waals surface area contributed by atoms with Crippen LogP contribution in [0.4, 0.5) is 14.5 Å². The molecule has 0 amide bonds. The van der Waals surface area contributed by atoms with Crippen molar-refractivity contribution in [3.8, 4) is 17.0 Å². The predicted octanol–water partition coefficient (Wildman–Crippen LogP) is 5.68. The lowest BCUT2D eigenvalue weighted by atomic mass is 10.0. The van der Waals surface area contributed by atoms with Gasteiger partial charge in [0, 0.05) is 6.20 Å². The molecule has 28 heavy (non-hydrogen) atoms. The molecule has 4 rings (SSSR count). The van der Waals surface area contributed by atoms with Crippen LogP contribution < -0.4 is 9.46 Å². The molecule has 0 saturated heterocycles. The molecule has 9 heteroatoms. The molecule has 2 heterocycles. The average molecular weight is 419 g/mol. The fourth-order valence-electron chi connectivity index (χ4n) is 2.73. The Bertz CT molecular complexity index is 1170. The number of aromatic amines is 1. The van der Waals surface area contributed by atoms with Crippen molar-refractivity contribution in [1.82, 2.24) is 15.0 Å². The van der Waals surface area contributed by atoms with E-state index in [4.69, 9.17) is 16.3 Å². The van der Waals surface area contributed by atoms with Gasteiger partial charge >= 0.3 is 0 Å². The highest BCUT2D eigenvalue weighted by Gasteiger charge is 2.17. The van der Waals surface area contributed by atoms with Gasteiger partial charge in [-0.1, -0.05) is 17.7 Å². The predicted molar refractivity (Wildman–Crippen MR) is 107 cm³/mol. The number of ether oxygens (including phenoxy) is 1. The van der Waals surface area contributed by atoms with Gasteiger partial charge in [-0.2, -0.15) is 0 Å². The number of nitrogens with one attached hydrogen (secondary N) is 2. The van der Waals surface area contributed by atoms with E-state index in [0.29, 0.717) is 26.9 Å². The molecular formula is C19H13ClF2N4OS. The molecule has 0 fully saturated rings. The van der Waals surface area contributed by atoms with Crippen LogP contribution in [0.2, 0.25) is 5.02 Å². The lowest BCUT2D eigenvalue weighted by Gasteiger charge is -2.13. The third-order valence-electron chi connectivity index (χ3n) is 4.05. The maximum Gasteiger partial charge on any atom is 0.228 e. The number of nitrogens with zero attached hydrogens (tertiary/aromatic N) is 2. The zero-order valence-corrected chi connectivity index (χ0v) is 16.0. The number of anilines is 1. The molecule has 2 aromatic heterocycles. The molecule has 2 N–H and O–H groups in total. The fourth-order valence-corrected chi connectivity index (χ4v) is 3.74. The summed E-state index contributed by atoms with van der Waals surface area (Å²) in [4.78, 5) is 11.7. The summed E-state index contributed by atoms with van der Waals surface area (Å²) in [5.74, 6) is -1.02. The van der Waals surface area contributed by atoms with Gasteiger partial charge in [0.05, 0.1) is 45.6 Å². The number of H-pyrrole nitrogens is 1. The molecule has 5 nitrogen and oxygen atoms in total. The van der Waals surface area contributed by atoms with Crippen LogP contribution in [0.15, 0.2) is 53.8 Å². The quantitative estimate of drug-likeness (QED) is 0.408. The number of hydrogen-bond donors (Lipinski definition) is 2. The van der Waals surface area contributed by atoms with E-state index >= 15 is 4.39 Å². The molecule has 0 aliphatic heterocycles. The van der Waals surface area contributed by atoms with Gasteiger partial charge < -0.3 is 14.4 Å². The Morgan fingerprint density at radius 2 is 2.00 bits per heavy atom. The Balaban J connectivity index is 1.68. The van der Waals surface area contributed by atoms with Crippen molar-refractivity contribution in [3.05, 3.63) is 65.6 Å². The van der Waals surface area contributed by atoms with Crippen LogP contribution in [0.3, 0.4) is 0 Å². The van der Waals surface area contributed by atoms with E-state index in [1.165, 1.54) is 31.8 Å². The van der Waals surface area contributed by atoms with Crippen molar-refractivity contribution in [3.63, 3.8) is 0 Å². The number of halogens is 3. The Morgan fingerprint density at radius 3 is 2.82 bits per heavy atom. The number of aromatic nitrogens is 3. The number of fused-ring (bicyclic) bond motifs is 1. The van der Waals surface area contributed by atoms with Crippen LogP contribution in [0.25, 0.3) is 22.2 Å². The van der Waals surface area contributed by atoms with Gasteiger partial charge in [-0.3, -0.25) is 0 Å². The molecule has 0 aliphatic carbocycles. The van der Waals surface area contributed by atoms with Crippen LogP contribution in [0, 0.1) is 11.6 Å².